The van der Waals surface area contributed by atoms with Crippen molar-refractivity contribution in [2.24, 2.45) is 0 Å². The van der Waals surface area contributed by atoms with Crippen LogP contribution < -0.4 is 10.3 Å². The van der Waals surface area contributed by atoms with Gasteiger partial charge in [-0.15, -0.1) is 11.3 Å². The number of rotatable bonds is 2. The van der Waals surface area contributed by atoms with Crippen molar-refractivity contribution in [1.29, 1.82) is 0 Å². The normalized spacial score (nSPS) is 11.0. The van der Waals surface area contributed by atoms with Crippen molar-refractivity contribution in [3.05, 3.63) is 44.8 Å². The Balaban J connectivity index is 2.32. The molecule has 0 spiro atoms. The fourth-order valence-electron chi connectivity index (χ4n) is 2.61. The van der Waals surface area contributed by atoms with E-state index < -0.39 is 0 Å². The van der Waals surface area contributed by atoms with Gasteiger partial charge in [0.15, 0.2) is 0 Å². The summed E-state index contributed by atoms with van der Waals surface area (Å²) >= 11 is 1.56. The summed E-state index contributed by atoms with van der Waals surface area (Å²) in [6.45, 7) is 5.82. The van der Waals surface area contributed by atoms with Gasteiger partial charge in [0, 0.05) is 10.4 Å². The molecule has 0 saturated heterocycles. The molecule has 0 aliphatic heterocycles. The molecule has 3 rings (SSSR count). The number of nitrogens with zero attached hydrogens (tertiary/aromatic N) is 1. The third kappa shape index (κ3) is 2.23. The fourth-order valence-corrected chi connectivity index (χ4v) is 3.70. The smallest absolute Gasteiger partial charge is 0.260 e. The number of fused-ring (bicyclic) bond motifs is 1. The largest absolute Gasteiger partial charge is 0.496 e. The van der Waals surface area contributed by atoms with Gasteiger partial charge in [0.25, 0.3) is 5.56 Å². The highest BCUT2D eigenvalue weighted by molar-refractivity contribution is 7.19. The highest BCUT2D eigenvalue weighted by atomic mass is 32.1. The van der Waals surface area contributed by atoms with E-state index in [-0.39, 0.29) is 5.56 Å². The predicted octanol–water partition coefficient (Wildman–Crippen LogP) is 3.59. The van der Waals surface area contributed by atoms with Crippen LogP contribution in [0.2, 0.25) is 0 Å². The SMILES string of the molecule is COc1ccc(-c2c(C)sc3nc(C)[nH]c(=O)c23)cc1C. The van der Waals surface area contributed by atoms with Crippen LogP contribution in [-0.2, 0) is 0 Å². The molecule has 0 saturated carbocycles. The quantitative estimate of drug-likeness (QED) is 0.787. The molecule has 0 unspecified atom stereocenters. The van der Waals surface area contributed by atoms with Gasteiger partial charge in [-0.2, -0.15) is 0 Å². The Morgan fingerprint density at radius 1 is 1.24 bits per heavy atom. The zero-order chi connectivity index (χ0) is 15.1. The average Bonchev–Trinajstić information content (AvgIpc) is 2.74. The van der Waals surface area contributed by atoms with E-state index in [1.54, 1.807) is 25.4 Å². The Morgan fingerprint density at radius 2 is 2.00 bits per heavy atom. The Labute approximate surface area is 126 Å². The molecule has 0 fully saturated rings. The number of benzene rings is 1. The summed E-state index contributed by atoms with van der Waals surface area (Å²) < 4.78 is 5.30. The summed E-state index contributed by atoms with van der Waals surface area (Å²) in [4.78, 5) is 21.4. The third-order valence-corrected chi connectivity index (χ3v) is 4.54. The molecular formula is C16H16N2O2S. The molecular weight excluding hydrogens is 284 g/mol. The molecule has 1 N–H and O–H groups in total. The first-order valence-corrected chi connectivity index (χ1v) is 7.48. The summed E-state index contributed by atoms with van der Waals surface area (Å²) in [6.07, 6.45) is 0. The fraction of sp³-hybridized carbons (Fsp3) is 0.250. The first-order valence-electron chi connectivity index (χ1n) is 6.66. The summed E-state index contributed by atoms with van der Waals surface area (Å²) in [5.41, 5.74) is 2.96. The van der Waals surface area contributed by atoms with Crippen LogP contribution in [0, 0.1) is 20.8 Å². The van der Waals surface area contributed by atoms with Crippen LogP contribution in [0.25, 0.3) is 21.3 Å². The van der Waals surface area contributed by atoms with Crippen molar-refractivity contribution in [3.63, 3.8) is 0 Å². The number of methoxy groups -OCH3 is 1. The summed E-state index contributed by atoms with van der Waals surface area (Å²) in [5, 5.41) is 0.674. The van der Waals surface area contributed by atoms with Gasteiger partial charge >= 0.3 is 0 Å². The van der Waals surface area contributed by atoms with Crippen molar-refractivity contribution in [2.75, 3.05) is 7.11 Å². The molecule has 0 amide bonds. The molecule has 0 bridgehead atoms. The molecule has 4 nitrogen and oxygen atoms in total. The van der Waals surface area contributed by atoms with Crippen LogP contribution in [0.1, 0.15) is 16.3 Å². The molecule has 0 atom stereocenters. The maximum Gasteiger partial charge on any atom is 0.260 e. The van der Waals surface area contributed by atoms with Crippen molar-refractivity contribution < 1.29 is 4.74 Å². The van der Waals surface area contributed by atoms with Crippen LogP contribution in [0.4, 0.5) is 0 Å². The highest BCUT2D eigenvalue weighted by Crippen LogP contribution is 2.37. The molecule has 3 aromatic rings. The lowest BCUT2D eigenvalue weighted by Crippen LogP contribution is -2.09. The minimum absolute atomic E-state index is 0.0784. The van der Waals surface area contributed by atoms with E-state index >= 15 is 0 Å². The predicted molar refractivity (Wildman–Crippen MR) is 86.4 cm³/mol. The summed E-state index contributed by atoms with van der Waals surface area (Å²) in [5.74, 6) is 1.49. The number of thiophene rings is 1. The second-order valence-electron chi connectivity index (χ2n) is 5.05. The van der Waals surface area contributed by atoms with E-state index in [2.05, 4.69) is 9.97 Å². The molecule has 0 aliphatic rings. The van der Waals surface area contributed by atoms with Crippen LogP contribution in [-0.4, -0.2) is 17.1 Å². The number of nitrogens with one attached hydrogen (secondary N) is 1. The molecule has 2 heterocycles. The van der Waals surface area contributed by atoms with Crippen LogP contribution in [0.15, 0.2) is 23.0 Å². The Morgan fingerprint density at radius 3 is 2.67 bits per heavy atom. The van der Waals surface area contributed by atoms with Gasteiger partial charge in [0.2, 0.25) is 0 Å². The minimum atomic E-state index is -0.0784. The number of ether oxygens (including phenoxy) is 1. The number of hydrogen-bond acceptors (Lipinski definition) is 4. The Hall–Kier alpha value is -2.14. The van der Waals surface area contributed by atoms with Gasteiger partial charge in [-0.25, -0.2) is 4.98 Å². The number of H-pyrrole nitrogens is 1. The molecule has 2 aromatic heterocycles. The maximum absolute atomic E-state index is 12.3. The molecule has 1 aromatic carbocycles. The molecule has 0 radical (unpaired) electrons. The molecule has 108 valence electrons. The van der Waals surface area contributed by atoms with Crippen molar-refractivity contribution >= 4 is 21.6 Å². The van der Waals surface area contributed by atoms with Gasteiger partial charge in [0.1, 0.15) is 16.4 Å². The average molecular weight is 300 g/mol. The zero-order valence-corrected chi connectivity index (χ0v) is 13.2. The number of aromatic nitrogens is 2. The van der Waals surface area contributed by atoms with Crippen LogP contribution in [0.5, 0.6) is 5.75 Å². The lowest BCUT2D eigenvalue weighted by molar-refractivity contribution is 0.412. The first-order chi connectivity index (χ1) is 10.0. The lowest BCUT2D eigenvalue weighted by atomic mass is 10.0. The van der Waals surface area contributed by atoms with Gasteiger partial charge in [-0.05, 0) is 44.0 Å². The summed E-state index contributed by atoms with van der Waals surface area (Å²) in [6, 6.07) is 5.97. The molecule has 5 heteroatoms. The van der Waals surface area contributed by atoms with Crippen molar-refractivity contribution in [1.82, 2.24) is 9.97 Å². The Kier molecular flexibility index (Phi) is 3.29. The highest BCUT2D eigenvalue weighted by Gasteiger charge is 2.16. The molecule has 21 heavy (non-hydrogen) atoms. The zero-order valence-electron chi connectivity index (χ0n) is 12.4. The maximum atomic E-state index is 12.3. The van der Waals surface area contributed by atoms with Crippen LogP contribution >= 0.6 is 11.3 Å². The summed E-state index contributed by atoms with van der Waals surface area (Å²) in [7, 11) is 1.66. The van der Waals surface area contributed by atoms with E-state index in [1.807, 2.05) is 32.0 Å². The van der Waals surface area contributed by atoms with Gasteiger partial charge in [0.05, 0.1) is 12.5 Å². The minimum Gasteiger partial charge on any atom is -0.496 e. The van der Waals surface area contributed by atoms with Gasteiger partial charge < -0.3 is 9.72 Å². The monoisotopic (exact) mass is 300 g/mol. The van der Waals surface area contributed by atoms with Gasteiger partial charge in [-0.3, -0.25) is 4.79 Å². The van der Waals surface area contributed by atoms with Crippen molar-refractivity contribution in [2.45, 2.75) is 20.8 Å². The van der Waals surface area contributed by atoms with Gasteiger partial charge in [-0.1, -0.05) is 6.07 Å². The topological polar surface area (TPSA) is 55.0 Å². The Bertz CT molecular complexity index is 893. The third-order valence-electron chi connectivity index (χ3n) is 3.54. The van der Waals surface area contributed by atoms with E-state index in [0.29, 0.717) is 11.2 Å². The van der Waals surface area contributed by atoms with Crippen molar-refractivity contribution in [3.8, 4) is 16.9 Å². The van der Waals surface area contributed by atoms with E-state index in [0.717, 1.165) is 32.1 Å². The number of aryl methyl sites for hydroxylation is 3. The standard InChI is InChI=1S/C16H16N2O2S/c1-8-7-11(5-6-12(8)20-4)13-9(2)21-16-14(13)15(19)17-10(3)18-16/h5-7H,1-4H3,(H,17,18,19). The lowest BCUT2D eigenvalue weighted by Gasteiger charge is -2.07. The van der Waals surface area contributed by atoms with Crippen LogP contribution in [0.3, 0.4) is 0 Å². The number of aromatic amines is 1. The molecule has 0 aliphatic carbocycles. The number of hydrogen-bond donors (Lipinski definition) is 1. The first kappa shape index (κ1) is 13.8. The second kappa shape index (κ2) is 5.00. The van der Waals surface area contributed by atoms with E-state index in [9.17, 15) is 4.79 Å². The second-order valence-corrected chi connectivity index (χ2v) is 6.25. The van der Waals surface area contributed by atoms with E-state index in [1.165, 1.54) is 0 Å². The van der Waals surface area contributed by atoms with E-state index in [4.69, 9.17) is 4.74 Å².